The van der Waals surface area contributed by atoms with E-state index in [1.807, 2.05) is 0 Å². The molecule has 0 saturated carbocycles. The summed E-state index contributed by atoms with van der Waals surface area (Å²) in [7, 11) is 0. The highest BCUT2D eigenvalue weighted by Gasteiger charge is 2.30. The Balaban J connectivity index is 5.24. The summed E-state index contributed by atoms with van der Waals surface area (Å²) in [5.41, 5.74) is 11.0. The molecule has 0 bridgehead atoms. The third kappa shape index (κ3) is 11.3. The van der Waals surface area contributed by atoms with Crippen molar-refractivity contribution < 1.29 is 39.3 Å². The summed E-state index contributed by atoms with van der Waals surface area (Å²) in [6.45, 7) is 1.68. The average Bonchev–Trinajstić information content (AvgIpc) is 2.72. The molecule has 0 rings (SSSR count). The number of thiol groups is 1. The van der Waals surface area contributed by atoms with E-state index in [9.17, 15) is 34.2 Å². The van der Waals surface area contributed by atoms with Crippen molar-refractivity contribution in [2.24, 2.45) is 11.5 Å². The Bertz CT molecular complexity index is 663. The molecule has 0 radical (unpaired) electrons. The maximum atomic E-state index is 12.7. The van der Waals surface area contributed by atoms with Crippen LogP contribution < -0.4 is 27.4 Å². The number of nitrogens with one attached hydrogen (secondary N) is 3. The van der Waals surface area contributed by atoms with Crippen LogP contribution in [0.4, 0.5) is 0 Å². The lowest BCUT2D eigenvalue weighted by atomic mass is 10.1. The molecule has 5 unspecified atom stereocenters. The van der Waals surface area contributed by atoms with Crippen molar-refractivity contribution in [2.75, 3.05) is 12.3 Å². The Kier molecular flexibility index (Phi) is 14.2. The average molecular weight is 480 g/mol. The van der Waals surface area contributed by atoms with E-state index in [-0.39, 0.29) is 18.6 Å². The van der Waals surface area contributed by atoms with Gasteiger partial charge in [0.25, 0.3) is 0 Å². The highest BCUT2D eigenvalue weighted by molar-refractivity contribution is 7.80. The lowest BCUT2D eigenvalue weighted by molar-refractivity contribution is -0.143. The first-order valence-corrected chi connectivity index (χ1v) is 10.7. The third-order valence-electron chi connectivity index (χ3n) is 4.48. The van der Waals surface area contributed by atoms with Crippen LogP contribution in [0, 0.1) is 0 Å². The summed E-state index contributed by atoms with van der Waals surface area (Å²) in [5, 5.41) is 34.3. The van der Waals surface area contributed by atoms with E-state index in [4.69, 9.17) is 16.6 Å². The Labute approximate surface area is 191 Å². The van der Waals surface area contributed by atoms with Gasteiger partial charge in [-0.15, -0.1) is 0 Å². The van der Waals surface area contributed by atoms with Gasteiger partial charge in [0.1, 0.15) is 24.2 Å². The van der Waals surface area contributed by atoms with Gasteiger partial charge in [0.15, 0.2) is 0 Å². The number of rotatable bonds is 16. The van der Waals surface area contributed by atoms with Crippen LogP contribution in [0.15, 0.2) is 0 Å². The highest BCUT2D eigenvalue weighted by atomic mass is 32.1. The van der Waals surface area contributed by atoms with Gasteiger partial charge >= 0.3 is 11.9 Å². The second-order valence-corrected chi connectivity index (χ2v) is 7.55. The molecule has 0 heterocycles. The van der Waals surface area contributed by atoms with Crippen molar-refractivity contribution in [1.82, 2.24) is 16.0 Å². The summed E-state index contributed by atoms with van der Waals surface area (Å²) in [6, 6.07) is -5.08. The molecule has 0 aromatic rings. The van der Waals surface area contributed by atoms with E-state index < -0.39 is 66.4 Å². The van der Waals surface area contributed by atoms with Crippen LogP contribution in [-0.4, -0.2) is 87.5 Å². The number of unbranched alkanes of at least 4 members (excludes halogenated alkanes) is 1. The monoisotopic (exact) mass is 479 g/mol. The van der Waals surface area contributed by atoms with Gasteiger partial charge in [0.2, 0.25) is 17.7 Å². The molecule has 0 aliphatic heterocycles. The molecule has 0 aromatic carbocycles. The van der Waals surface area contributed by atoms with Gasteiger partial charge in [-0.1, -0.05) is 0 Å². The van der Waals surface area contributed by atoms with Crippen LogP contribution in [0.5, 0.6) is 0 Å². The predicted molar refractivity (Wildman–Crippen MR) is 117 cm³/mol. The fourth-order valence-electron chi connectivity index (χ4n) is 2.51. The molecule has 0 aromatic heterocycles. The molecule has 0 aliphatic carbocycles. The maximum Gasteiger partial charge on any atom is 0.326 e. The van der Waals surface area contributed by atoms with Gasteiger partial charge in [0.05, 0.1) is 6.10 Å². The number of amides is 3. The first-order valence-electron chi connectivity index (χ1n) is 10.0. The van der Waals surface area contributed by atoms with Gasteiger partial charge in [-0.05, 0) is 39.2 Å². The summed E-state index contributed by atoms with van der Waals surface area (Å²) >= 11 is 4.00. The second-order valence-electron chi connectivity index (χ2n) is 7.19. The number of hydrogen-bond acceptors (Lipinski definition) is 9. The van der Waals surface area contributed by atoms with Crippen LogP contribution in [0.3, 0.4) is 0 Å². The fraction of sp³-hybridized carbons (Fsp3) is 0.722. The number of carbonyl (C=O) groups is 5. The van der Waals surface area contributed by atoms with Crippen molar-refractivity contribution in [3.05, 3.63) is 0 Å². The van der Waals surface area contributed by atoms with Gasteiger partial charge in [-0.2, -0.15) is 12.6 Å². The standard InChI is InChI=1S/C18H33N5O8S/c1-9(24)14(20)17(29)21-10(4-2-3-7-19)15(27)23-12(8-32)16(28)22-11(18(30)31)5-6-13(25)26/h9-12,14,24,32H,2-8,19-20H2,1H3,(H,21,29)(H,22,28)(H,23,27)(H,25,26)(H,30,31). The largest absolute Gasteiger partial charge is 0.481 e. The zero-order chi connectivity index (χ0) is 24.8. The molecule has 13 nitrogen and oxygen atoms in total. The van der Waals surface area contributed by atoms with E-state index in [1.54, 1.807) is 0 Å². The smallest absolute Gasteiger partial charge is 0.326 e. The number of carboxylic acids is 2. The minimum absolute atomic E-state index is 0.179. The molecule has 3 amide bonds. The second kappa shape index (κ2) is 15.4. The quantitative estimate of drug-likeness (QED) is 0.0812. The third-order valence-corrected chi connectivity index (χ3v) is 4.84. The first kappa shape index (κ1) is 29.6. The van der Waals surface area contributed by atoms with E-state index in [1.165, 1.54) is 6.92 Å². The number of aliphatic hydroxyl groups is 1. The SMILES string of the molecule is CC(O)C(N)C(=O)NC(CCCCN)C(=O)NC(CS)C(=O)NC(CCC(=O)O)C(=O)O. The molecule has 5 atom stereocenters. The lowest BCUT2D eigenvalue weighted by Gasteiger charge is -2.25. The van der Waals surface area contributed by atoms with Gasteiger partial charge in [0, 0.05) is 12.2 Å². The molecule has 10 N–H and O–H groups in total. The topological polar surface area (TPSA) is 234 Å². The Hall–Kier alpha value is -2.42. The highest BCUT2D eigenvalue weighted by Crippen LogP contribution is 2.05. The van der Waals surface area contributed by atoms with Crippen molar-refractivity contribution in [3.8, 4) is 0 Å². The van der Waals surface area contributed by atoms with E-state index in [2.05, 4.69) is 28.6 Å². The van der Waals surface area contributed by atoms with Crippen molar-refractivity contribution in [1.29, 1.82) is 0 Å². The minimum Gasteiger partial charge on any atom is -0.481 e. The summed E-state index contributed by atoms with van der Waals surface area (Å²) in [4.78, 5) is 59.2. The van der Waals surface area contributed by atoms with Crippen LogP contribution in [0.25, 0.3) is 0 Å². The number of carboxylic acid groups (broad SMARTS) is 2. The fourth-order valence-corrected chi connectivity index (χ4v) is 2.77. The van der Waals surface area contributed by atoms with Crippen LogP contribution >= 0.6 is 12.6 Å². The number of nitrogens with two attached hydrogens (primary N) is 2. The van der Waals surface area contributed by atoms with Crippen LogP contribution in [-0.2, 0) is 24.0 Å². The number of carbonyl (C=O) groups excluding carboxylic acids is 3. The zero-order valence-electron chi connectivity index (χ0n) is 17.8. The van der Waals surface area contributed by atoms with Crippen molar-refractivity contribution >= 4 is 42.3 Å². The van der Waals surface area contributed by atoms with Gasteiger partial charge in [-0.25, -0.2) is 4.79 Å². The van der Waals surface area contributed by atoms with Gasteiger partial charge < -0.3 is 42.7 Å². The Morgan fingerprint density at radius 3 is 1.88 bits per heavy atom. The number of aliphatic hydroxyl groups excluding tert-OH is 1. The predicted octanol–water partition coefficient (Wildman–Crippen LogP) is -2.84. The van der Waals surface area contributed by atoms with Crippen LogP contribution in [0.1, 0.15) is 39.0 Å². The lowest BCUT2D eigenvalue weighted by Crippen LogP contribution is -2.58. The van der Waals surface area contributed by atoms with E-state index >= 15 is 0 Å². The first-order chi connectivity index (χ1) is 14.9. The molecule has 0 fully saturated rings. The Morgan fingerprint density at radius 1 is 0.875 bits per heavy atom. The molecule has 0 spiro atoms. The molecule has 0 aliphatic rings. The Morgan fingerprint density at radius 2 is 1.41 bits per heavy atom. The van der Waals surface area contributed by atoms with Crippen molar-refractivity contribution in [2.45, 2.75) is 69.3 Å². The number of aliphatic carboxylic acids is 2. The zero-order valence-corrected chi connectivity index (χ0v) is 18.7. The normalized spacial score (nSPS) is 15.5. The van der Waals surface area contributed by atoms with Gasteiger partial charge in [-0.3, -0.25) is 19.2 Å². The summed E-state index contributed by atoms with van der Waals surface area (Å²) < 4.78 is 0. The van der Waals surface area contributed by atoms with E-state index in [0.29, 0.717) is 19.4 Å². The minimum atomic E-state index is -1.47. The van der Waals surface area contributed by atoms with E-state index in [0.717, 1.165) is 0 Å². The molecule has 32 heavy (non-hydrogen) atoms. The maximum absolute atomic E-state index is 12.7. The molecule has 14 heteroatoms. The summed E-state index contributed by atoms with van der Waals surface area (Å²) in [6.07, 6.45) is -0.752. The molecule has 0 saturated heterocycles. The molecular weight excluding hydrogens is 446 g/mol. The molecular formula is C18H33N5O8S. The number of hydrogen-bond donors (Lipinski definition) is 9. The summed E-state index contributed by atoms with van der Waals surface area (Å²) in [5.74, 6) is -5.23. The van der Waals surface area contributed by atoms with Crippen molar-refractivity contribution in [3.63, 3.8) is 0 Å². The van der Waals surface area contributed by atoms with Crippen LogP contribution in [0.2, 0.25) is 0 Å². The molecule has 184 valence electrons.